The van der Waals surface area contributed by atoms with E-state index in [-0.39, 0.29) is 0 Å². The van der Waals surface area contributed by atoms with Crippen molar-refractivity contribution < 1.29 is 0 Å². The maximum absolute atomic E-state index is 2.53. The number of hydrogen-bond donors (Lipinski definition) is 0. The lowest BCUT2D eigenvalue weighted by Crippen LogP contribution is -2.44. The highest BCUT2D eigenvalue weighted by Crippen LogP contribution is 2.16. The second-order valence-corrected chi connectivity index (χ2v) is 4.32. The van der Waals surface area contributed by atoms with Gasteiger partial charge in [-0.05, 0) is 26.4 Å². The highest BCUT2D eigenvalue weighted by molar-refractivity contribution is 4.96. The predicted molar refractivity (Wildman–Crippen MR) is 55.8 cm³/mol. The van der Waals surface area contributed by atoms with Gasteiger partial charge in [0.05, 0.1) is 0 Å². The summed E-state index contributed by atoms with van der Waals surface area (Å²) < 4.78 is 0. The minimum absolute atomic E-state index is 0.814. The lowest BCUT2D eigenvalue weighted by atomic mass is 10.0. The number of hydrogen-bond acceptors (Lipinski definition) is 2. The van der Waals surface area contributed by atoms with Crippen molar-refractivity contribution in [3.63, 3.8) is 0 Å². The van der Waals surface area contributed by atoms with Crippen LogP contribution in [0.4, 0.5) is 0 Å². The summed E-state index contributed by atoms with van der Waals surface area (Å²) in [6.45, 7) is 4.91. The largest absolute Gasteiger partial charge is 0.302 e. The lowest BCUT2D eigenvalue weighted by molar-refractivity contribution is 0.143. The molecule has 0 N–H and O–H groups in total. The average molecular weight is 180 g/mol. The van der Waals surface area contributed by atoms with Crippen LogP contribution < -0.4 is 0 Å². The van der Waals surface area contributed by atoms with E-state index in [1.54, 1.807) is 0 Å². The van der Waals surface area contributed by atoms with E-state index < -0.39 is 0 Å². The van der Waals surface area contributed by atoms with Crippen molar-refractivity contribution in [1.29, 1.82) is 0 Å². The van der Waals surface area contributed by atoms with Crippen LogP contribution in [0.3, 0.4) is 0 Å². The number of rotatable bonds is 2. The summed E-state index contributed by atoms with van der Waals surface area (Å²) in [7, 11) is 2.27. The van der Waals surface area contributed by atoms with Crippen LogP contribution in [-0.4, -0.2) is 49.1 Å². The Bertz CT molecular complexity index is 181. The van der Waals surface area contributed by atoms with Gasteiger partial charge in [0, 0.05) is 25.7 Å². The maximum Gasteiger partial charge on any atom is 0.0220 e. The Balaban J connectivity index is 1.78. The molecule has 1 fully saturated rings. The first kappa shape index (κ1) is 9.22. The van der Waals surface area contributed by atoms with Crippen LogP contribution in [0.25, 0.3) is 0 Å². The van der Waals surface area contributed by atoms with Crippen LogP contribution >= 0.6 is 0 Å². The molecule has 0 radical (unpaired) electrons. The fourth-order valence-electron chi connectivity index (χ4n) is 2.34. The van der Waals surface area contributed by atoms with E-state index in [0.29, 0.717) is 0 Å². The smallest absolute Gasteiger partial charge is 0.0220 e. The molecule has 2 heteroatoms. The molecule has 0 aromatic rings. The maximum atomic E-state index is 2.53. The van der Waals surface area contributed by atoms with Crippen LogP contribution in [0.5, 0.6) is 0 Å². The van der Waals surface area contributed by atoms with Crippen molar-refractivity contribution in [3.8, 4) is 0 Å². The Labute approximate surface area is 81.2 Å². The molecule has 0 aromatic heterocycles. The highest BCUT2D eigenvalue weighted by Gasteiger charge is 2.21. The SMILES string of the molecule is CN1CCCC[C@H]1CN1CC=CC1. The summed E-state index contributed by atoms with van der Waals surface area (Å²) in [6, 6.07) is 0.814. The van der Waals surface area contributed by atoms with Crippen molar-refractivity contribution in [3.05, 3.63) is 12.2 Å². The van der Waals surface area contributed by atoms with Crippen LogP contribution in [0.15, 0.2) is 12.2 Å². The molecule has 0 amide bonds. The zero-order valence-corrected chi connectivity index (χ0v) is 8.58. The molecule has 0 unspecified atom stereocenters. The Hall–Kier alpha value is -0.340. The summed E-state index contributed by atoms with van der Waals surface area (Å²) in [5.74, 6) is 0. The summed E-state index contributed by atoms with van der Waals surface area (Å²) in [4.78, 5) is 5.06. The first-order chi connectivity index (χ1) is 6.36. The molecule has 2 rings (SSSR count). The van der Waals surface area contributed by atoms with E-state index in [1.807, 2.05) is 0 Å². The fourth-order valence-corrected chi connectivity index (χ4v) is 2.34. The van der Waals surface area contributed by atoms with Gasteiger partial charge in [0.1, 0.15) is 0 Å². The number of piperidine rings is 1. The van der Waals surface area contributed by atoms with Gasteiger partial charge < -0.3 is 4.90 Å². The molecule has 0 aliphatic carbocycles. The Morgan fingerprint density at radius 3 is 2.69 bits per heavy atom. The van der Waals surface area contributed by atoms with E-state index >= 15 is 0 Å². The van der Waals surface area contributed by atoms with E-state index in [0.717, 1.165) is 6.04 Å². The van der Waals surface area contributed by atoms with Crippen LogP contribution in [-0.2, 0) is 0 Å². The zero-order chi connectivity index (χ0) is 9.10. The number of likely N-dealkylation sites (tertiary alicyclic amines) is 1. The van der Waals surface area contributed by atoms with Gasteiger partial charge in [-0.25, -0.2) is 0 Å². The fraction of sp³-hybridized carbons (Fsp3) is 0.818. The normalized spacial score (nSPS) is 31.3. The third-order valence-corrected chi connectivity index (χ3v) is 3.28. The summed E-state index contributed by atoms with van der Waals surface area (Å²) >= 11 is 0. The van der Waals surface area contributed by atoms with Crippen LogP contribution in [0, 0.1) is 0 Å². The van der Waals surface area contributed by atoms with Crippen molar-refractivity contribution in [1.82, 2.24) is 9.80 Å². The molecule has 1 saturated heterocycles. The molecule has 0 aromatic carbocycles. The third-order valence-electron chi connectivity index (χ3n) is 3.28. The van der Waals surface area contributed by atoms with Gasteiger partial charge in [0.15, 0.2) is 0 Å². The Morgan fingerprint density at radius 2 is 2.00 bits per heavy atom. The molecule has 2 aliphatic rings. The number of nitrogens with zero attached hydrogens (tertiary/aromatic N) is 2. The van der Waals surface area contributed by atoms with Gasteiger partial charge in [-0.15, -0.1) is 0 Å². The van der Waals surface area contributed by atoms with Gasteiger partial charge in [-0.3, -0.25) is 4.90 Å². The Kier molecular flexibility index (Phi) is 3.01. The van der Waals surface area contributed by atoms with E-state index in [1.165, 1.54) is 45.4 Å². The summed E-state index contributed by atoms with van der Waals surface area (Å²) in [5.41, 5.74) is 0. The Morgan fingerprint density at radius 1 is 1.23 bits per heavy atom. The second-order valence-electron chi connectivity index (χ2n) is 4.32. The van der Waals surface area contributed by atoms with Crippen LogP contribution in [0.1, 0.15) is 19.3 Å². The third kappa shape index (κ3) is 2.32. The monoisotopic (exact) mass is 180 g/mol. The molecule has 2 nitrogen and oxygen atoms in total. The van der Waals surface area contributed by atoms with E-state index in [2.05, 4.69) is 29.0 Å². The van der Waals surface area contributed by atoms with E-state index in [4.69, 9.17) is 0 Å². The molecule has 2 aliphatic heterocycles. The van der Waals surface area contributed by atoms with Gasteiger partial charge in [0.2, 0.25) is 0 Å². The van der Waals surface area contributed by atoms with Gasteiger partial charge in [-0.2, -0.15) is 0 Å². The number of likely N-dealkylation sites (N-methyl/N-ethyl adjacent to an activating group) is 1. The molecule has 1 atom stereocenters. The van der Waals surface area contributed by atoms with Gasteiger partial charge >= 0.3 is 0 Å². The second kappa shape index (κ2) is 4.25. The minimum atomic E-state index is 0.814. The van der Waals surface area contributed by atoms with Crippen molar-refractivity contribution in [2.45, 2.75) is 25.3 Å². The first-order valence-electron chi connectivity index (χ1n) is 5.44. The first-order valence-corrected chi connectivity index (χ1v) is 5.44. The molecule has 2 heterocycles. The lowest BCUT2D eigenvalue weighted by Gasteiger charge is -2.35. The standard InChI is InChI=1S/C11H20N2/c1-12-7-3-2-6-11(12)10-13-8-4-5-9-13/h4-5,11H,2-3,6-10H2,1H3/t11-/m0/s1. The van der Waals surface area contributed by atoms with Crippen LogP contribution in [0.2, 0.25) is 0 Å². The zero-order valence-electron chi connectivity index (χ0n) is 8.58. The summed E-state index contributed by atoms with van der Waals surface area (Å²) in [6.07, 6.45) is 8.78. The van der Waals surface area contributed by atoms with Gasteiger partial charge in [0.25, 0.3) is 0 Å². The molecule has 13 heavy (non-hydrogen) atoms. The molecular formula is C11H20N2. The average Bonchev–Trinajstić information content (AvgIpc) is 2.61. The topological polar surface area (TPSA) is 6.48 Å². The predicted octanol–water partition coefficient (Wildman–Crippen LogP) is 1.34. The molecule has 0 saturated carbocycles. The summed E-state index contributed by atoms with van der Waals surface area (Å²) in [5, 5.41) is 0. The quantitative estimate of drug-likeness (QED) is 0.592. The molecule has 0 bridgehead atoms. The van der Waals surface area contributed by atoms with Crippen molar-refractivity contribution >= 4 is 0 Å². The molecular weight excluding hydrogens is 160 g/mol. The molecule has 74 valence electrons. The minimum Gasteiger partial charge on any atom is -0.302 e. The highest BCUT2D eigenvalue weighted by atomic mass is 15.2. The molecule has 0 spiro atoms. The van der Waals surface area contributed by atoms with Crippen molar-refractivity contribution in [2.75, 3.05) is 33.2 Å². The van der Waals surface area contributed by atoms with Gasteiger partial charge in [-0.1, -0.05) is 18.6 Å². The van der Waals surface area contributed by atoms with E-state index in [9.17, 15) is 0 Å². The van der Waals surface area contributed by atoms with Crippen molar-refractivity contribution in [2.24, 2.45) is 0 Å².